The molecule has 22 heteroatoms. The first kappa shape index (κ1) is 42.5. The highest BCUT2D eigenvalue weighted by Gasteiger charge is 2.65. The largest absolute Gasteiger partial charge is 0.497 e. The Morgan fingerprint density at radius 1 is 1.02 bits per heavy atom. The number of alkyl carbamates (subject to hydrolysis) is 1. The van der Waals surface area contributed by atoms with Crippen LogP contribution in [0.3, 0.4) is 0 Å². The maximum atomic E-state index is 14.2. The molecule has 2 saturated carbocycles. The van der Waals surface area contributed by atoms with E-state index in [1.807, 2.05) is 0 Å². The third kappa shape index (κ3) is 9.85. The number of rotatable bonds is 13. The minimum absolute atomic E-state index is 0.0690. The molecule has 3 N–H and O–H groups in total. The summed E-state index contributed by atoms with van der Waals surface area (Å²) in [4.78, 5) is 58.9. The number of carbonyl (C=O) groups excluding carboxylic acids is 4. The summed E-state index contributed by atoms with van der Waals surface area (Å²) in [5, 5.41) is 4.79. The summed E-state index contributed by atoms with van der Waals surface area (Å²) in [6, 6.07) is 1.07. The molecular formula is C34H41F6N5O10S. The van der Waals surface area contributed by atoms with Gasteiger partial charge in [-0.25, -0.2) is 14.5 Å². The predicted molar refractivity (Wildman–Crippen MR) is 182 cm³/mol. The second kappa shape index (κ2) is 15.4. The number of hydrogen-bond acceptors (Lipinski definition) is 11. The Morgan fingerprint density at radius 2 is 1.68 bits per heavy atom. The van der Waals surface area contributed by atoms with Gasteiger partial charge in [0, 0.05) is 18.0 Å². The van der Waals surface area contributed by atoms with Gasteiger partial charge in [-0.05, 0) is 75.6 Å². The van der Waals surface area contributed by atoms with Gasteiger partial charge in [-0.15, -0.1) is 0 Å². The van der Waals surface area contributed by atoms with Crippen LogP contribution in [0.2, 0.25) is 0 Å². The molecule has 1 aliphatic heterocycles. The number of amides is 4. The minimum atomic E-state index is -6.15. The van der Waals surface area contributed by atoms with Crippen molar-refractivity contribution in [2.45, 2.75) is 108 Å². The maximum Gasteiger partial charge on any atom is 0.408 e. The fourth-order valence-electron chi connectivity index (χ4n) is 6.53. The van der Waals surface area contributed by atoms with Gasteiger partial charge in [0.2, 0.25) is 17.7 Å². The van der Waals surface area contributed by atoms with E-state index >= 15 is 0 Å². The van der Waals surface area contributed by atoms with Crippen molar-refractivity contribution in [3.8, 4) is 11.6 Å². The summed E-state index contributed by atoms with van der Waals surface area (Å²) in [5.74, 6) is -9.12. The fraction of sp³-hybridized carbons (Fsp3) is 0.618. The Labute approximate surface area is 317 Å². The van der Waals surface area contributed by atoms with E-state index in [4.69, 9.17) is 18.4 Å². The molecule has 3 aliphatic rings. The number of ether oxygens (including phenoxy) is 3. The van der Waals surface area contributed by atoms with Crippen molar-refractivity contribution in [3.63, 3.8) is 0 Å². The highest BCUT2D eigenvalue weighted by molar-refractivity contribution is 7.85. The van der Waals surface area contributed by atoms with Gasteiger partial charge >= 0.3 is 28.8 Å². The van der Waals surface area contributed by atoms with Crippen molar-refractivity contribution in [2.24, 2.45) is 11.8 Å². The first-order chi connectivity index (χ1) is 25.9. The lowest BCUT2D eigenvalue weighted by atomic mass is 9.96. The number of pyridine rings is 1. The summed E-state index contributed by atoms with van der Waals surface area (Å²) in [5.41, 5.74) is -3.31. The van der Waals surface area contributed by atoms with Crippen molar-refractivity contribution < 1.29 is 72.3 Å². The molecule has 5 rings (SSSR count). The monoisotopic (exact) mass is 825 g/mol. The van der Waals surface area contributed by atoms with Gasteiger partial charge in [-0.1, -0.05) is 13.3 Å². The summed E-state index contributed by atoms with van der Waals surface area (Å²) in [6.45, 7) is 4.69. The van der Waals surface area contributed by atoms with Gasteiger partial charge in [0.05, 0.1) is 19.8 Å². The van der Waals surface area contributed by atoms with Crippen LogP contribution in [-0.4, -0.2) is 104 Å². The van der Waals surface area contributed by atoms with Crippen molar-refractivity contribution in [1.82, 2.24) is 25.2 Å². The molecule has 1 saturated heterocycles. The summed E-state index contributed by atoms with van der Waals surface area (Å²) < 4.78 is 133. The highest BCUT2D eigenvalue weighted by Crippen LogP contribution is 2.47. The number of hydrogen-bond donors (Lipinski definition) is 3. The predicted octanol–water partition coefficient (Wildman–Crippen LogP) is 4.05. The Bertz CT molecular complexity index is 1940. The molecule has 2 aromatic rings. The van der Waals surface area contributed by atoms with Crippen molar-refractivity contribution in [3.05, 3.63) is 30.5 Å². The quantitative estimate of drug-likeness (QED) is 0.247. The van der Waals surface area contributed by atoms with E-state index in [0.717, 1.165) is 0 Å². The van der Waals surface area contributed by atoms with Gasteiger partial charge in [0.25, 0.3) is 5.91 Å². The molecule has 1 aromatic carbocycles. The van der Waals surface area contributed by atoms with Crippen molar-refractivity contribution >= 4 is 44.9 Å². The number of aromatic nitrogens is 1. The lowest BCUT2D eigenvalue weighted by molar-refractivity contribution is -0.290. The van der Waals surface area contributed by atoms with Crippen LogP contribution < -0.4 is 24.8 Å². The Hall–Kier alpha value is -4.60. The smallest absolute Gasteiger partial charge is 0.408 e. The third-order valence-corrected chi connectivity index (χ3v) is 10.4. The number of halogens is 6. The second-order valence-electron chi connectivity index (χ2n) is 14.8. The Balaban J connectivity index is 1.51. The Kier molecular flexibility index (Phi) is 11.7. The standard InChI is InChI=1S/C34H41F6N5O10S/c1-6-18-15-32(18,29(48)44-56(50,51)55-19-7-8-19)43-26(46)23-14-21(53-27-22-10-9-20(52-5)13-17(22)11-12-41-27)16-45(23)28(47)24(42-30(49)54-31(2,3)4)25(33(35,36)37)34(38,39)40/h9-13,18-19,21,23-25H,6-8,14-16H2,1-5H3,(H,42,49)(H,43,46)(H,44,48)/t18-,21-,23+,24+,32-/m1/s1. The van der Waals surface area contributed by atoms with Crippen LogP contribution in [0.25, 0.3) is 10.8 Å². The molecule has 310 valence electrons. The Morgan fingerprint density at radius 3 is 2.23 bits per heavy atom. The first-order valence-corrected chi connectivity index (χ1v) is 18.9. The summed E-state index contributed by atoms with van der Waals surface area (Å²) in [7, 11) is -3.19. The number of carbonyl (C=O) groups is 4. The van der Waals surface area contributed by atoms with Crippen LogP contribution in [-0.2, 0) is 33.6 Å². The van der Waals surface area contributed by atoms with E-state index in [0.29, 0.717) is 34.3 Å². The van der Waals surface area contributed by atoms with Crippen LogP contribution in [0.4, 0.5) is 31.1 Å². The molecule has 2 heterocycles. The van der Waals surface area contributed by atoms with E-state index < -0.39 is 107 Å². The zero-order chi connectivity index (χ0) is 41.6. The zero-order valence-electron chi connectivity index (χ0n) is 30.7. The number of nitrogens with zero attached hydrogens (tertiary/aromatic N) is 2. The van der Waals surface area contributed by atoms with Crippen LogP contribution in [0, 0.1) is 11.8 Å². The number of benzene rings is 1. The van der Waals surface area contributed by atoms with Gasteiger partial charge < -0.3 is 29.7 Å². The lowest BCUT2D eigenvalue weighted by Gasteiger charge is -2.35. The molecule has 4 amide bonds. The number of methoxy groups -OCH3 is 1. The molecule has 56 heavy (non-hydrogen) atoms. The minimum Gasteiger partial charge on any atom is -0.497 e. The van der Waals surface area contributed by atoms with Crippen molar-refractivity contribution in [2.75, 3.05) is 13.7 Å². The second-order valence-corrected chi connectivity index (χ2v) is 16.1. The average Bonchev–Trinajstić information content (AvgIpc) is 3.97. The molecule has 5 atom stereocenters. The molecule has 0 bridgehead atoms. The first-order valence-electron chi connectivity index (χ1n) is 17.5. The third-order valence-electron chi connectivity index (χ3n) is 9.39. The number of likely N-dealkylation sites (tertiary alicyclic amines) is 1. The number of alkyl halides is 6. The molecule has 0 spiro atoms. The van der Waals surface area contributed by atoms with Crippen LogP contribution in [0.5, 0.6) is 11.6 Å². The molecule has 15 nitrogen and oxygen atoms in total. The molecule has 0 radical (unpaired) electrons. The summed E-state index contributed by atoms with van der Waals surface area (Å²) in [6.07, 6.45) is -14.2. The molecular weight excluding hydrogens is 784 g/mol. The van der Waals surface area contributed by atoms with Gasteiger partial charge in [0.1, 0.15) is 35.1 Å². The van der Waals surface area contributed by atoms with Crippen molar-refractivity contribution in [1.29, 1.82) is 0 Å². The van der Waals surface area contributed by atoms with Crippen LogP contribution in [0.15, 0.2) is 30.5 Å². The zero-order valence-corrected chi connectivity index (χ0v) is 31.6. The highest BCUT2D eigenvalue weighted by atomic mass is 32.2. The molecule has 1 aromatic heterocycles. The van der Waals surface area contributed by atoms with Gasteiger partial charge in [-0.3, -0.25) is 18.6 Å². The molecule has 0 unspecified atom stereocenters. The maximum absolute atomic E-state index is 14.2. The number of fused-ring (bicyclic) bond motifs is 1. The van der Waals surface area contributed by atoms with Crippen LogP contribution in [0.1, 0.15) is 59.8 Å². The normalized spacial score (nSPS) is 23.4. The van der Waals surface area contributed by atoms with E-state index in [1.165, 1.54) is 39.4 Å². The molecule has 3 fully saturated rings. The fourth-order valence-corrected chi connectivity index (χ4v) is 7.54. The van der Waals surface area contributed by atoms with E-state index in [2.05, 4.69) is 10.3 Å². The number of nitrogens with one attached hydrogen (secondary N) is 3. The van der Waals surface area contributed by atoms with Gasteiger partial charge in [0.15, 0.2) is 5.92 Å². The van der Waals surface area contributed by atoms with E-state index in [-0.39, 0.29) is 18.7 Å². The lowest BCUT2D eigenvalue weighted by Crippen LogP contribution is -2.62. The van der Waals surface area contributed by atoms with Gasteiger partial charge in [-0.2, -0.15) is 34.8 Å². The SMILES string of the molecule is CC[C@@H]1C[C@]1(NC(=O)[C@@H]1C[C@@H](Oc2nccc3cc(OC)ccc23)CN1C(=O)[C@@H](NC(=O)OC(C)(C)C)C(C(F)(F)F)C(F)(F)F)C(=O)NS(=O)(=O)OC1CC1. The van der Waals surface area contributed by atoms with Crippen LogP contribution >= 0.6 is 0 Å². The summed E-state index contributed by atoms with van der Waals surface area (Å²) >= 11 is 0. The van der Waals surface area contributed by atoms with E-state index in [9.17, 15) is 53.9 Å². The average molecular weight is 826 g/mol. The molecule has 2 aliphatic carbocycles. The van der Waals surface area contributed by atoms with E-state index in [1.54, 1.807) is 35.9 Å². The topological polar surface area (TPSA) is 192 Å².